The summed E-state index contributed by atoms with van der Waals surface area (Å²) in [6.45, 7) is -0.148. The van der Waals surface area contributed by atoms with Crippen LogP contribution in [0.5, 0.6) is 0 Å². The average Bonchev–Trinajstić information content (AvgIpc) is 3.54. The van der Waals surface area contributed by atoms with Crippen LogP contribution in [-0.4, -0.2) is 20.3 Å². The molecular formula is C22H24ClF2N7O. The molecule has 0 radical (unpaired) electrons. The Morgan fingerprint density at radius 3 is 2.79 bits per heavy atom. The van der Waals surface area contributed by atoms with Crippen LogP contribution in [0.3, 0.4) is 0 Å². The highest BCUT2D eigenvalue weighted by Crippen LogP contribution is 2.39. The van der Waals surface area contributed by atoms with Gasteiger partial charge in [-0.2, -0.15) is 0 Å². The molecule has 1 atom stereocenters. The number of halogens is 3. The number of aromatic nitrogens is 2. The van der Waals surface area contributed by atoms with Crippen molar-refractivity contribution in [1.29, 1.82) is 0 Å². The van der Waals surface area contributed by atoms with Crippen LogP contribution in [0.4, 0.5) is 8.78 Å². The summed E-state index contributed by atoms with van der Waals surface area (Å²) >= 11 is 5.75. The molecule has 3 aromatic rings. The van der Waals surface area contributed by atoms with Crippen molar-refractivity contribution >= 4 is 23.2 Å². The van der Waals surface area contributed by atoms with Crippen LogP contribution in [-0.2, 0) is 17.9 Å². The number of pyridine rings is 1. The van der Waals surface area contributed by atoms with Gasteiger partial charge >= 0.3 is 0 Å². The lowest BCUT2D eigenvalue weighted by Crippen LogP contribution is -2.33. The van der Waals surface area contributed by atoms with Crippen molar-refractivity contribution in [2.45, 2.75) is 38.1 Å². The lowest BCUT2D eigenvalue weighted by Gasteiger charge is -2.15. The van der Waals surface area contributed by atoms with Gasteiger partial charge in [-0.15, -0.1) is 0 Å². The summed E-state index contributed by atoms with van der Waals surface area (Å²) in [5.74, 6) is 5.03. The predicted molar refractivity (Wildman–Crippen MR) is 120 cm³/mol. The first-order valence-corrected chi connectivity index (χ1v) is 10.7. The first-order chi connectivity index (χ1) is 15.7. The zero-order chi connectivity index (χ0) is 23.7. The fourth-order valence-electron chi connectivity index (χ4n) is 3.58. The molecule has 0 bridgehead atoms. The molecule has 0 spiro atoms. The number of hydrogen-bond donors (Lipinski definition) is 4. The first kappa shape index (κ1) is 23.0. The van der Waals surface area contributed by atoms with Gasteiger partial charge in [0.15, 0.2) is 6.30 Å². The van der Waals surface area contributed by atoms with Crippen LogP contribution in [0.1, 0.15) is 47.4 Å². The Balaban J connectivity index is 1.39. The maximum atomic E-state index is 14.3. The summed E-state index contributed by atoms with van der Waals surface area (Å²) in [6.07, 6.45) is 5.67. The molecule has 33 heavy (non-hydrogen) atoms. The van der Waals surface area contributed by atoms with Crippen LogP contribution < -0.4 is 22.6 Å². The number of nitrogens with one attached hydrogen (secondary N) is 1. The van der Waals surface area contributed by atoms with Gasteiger partial charge in [0, 0.05) is 36.3 Å². The van der Waals surface area contributed by atoms with Gasteiger partial charge in [-0.05, 0) is 36.5 Å². The predicted octanol–water partition coefficient (Wildman–Crippen LogP) is 2.72. The number of rotatable bonds is 8. The van der Waals surface area contributed by atoms with E-state index in [1.54, 1.807) is 0 Å². The van der Waals surface area contributed by atoms with Crippen LogP contribution in [0, 0.1) is 5.82 Å². The van der Waals surface area contributed by atoms with Crippen molar-refractivity contribution in [3.05, 3.63) is 81.8 Å². The number of fused-ring (bicyclic) bond motifs is 1. The summed E-state index contributed by atoms with van der Waals surface area (Å²) < 4.78 is 29.8. The summed E-state index contributed by atoms with van der Waals surface area (Å²) in [5, 5.41) is 3.43. The average molecular weight is 476 g/mol. The van der Waals surface area contributed by atoms with E-state index >= 15 is 0 Å². The second kappa shape index (κ2) is 9.34. The van der Waals surface area contributed by atoms with E-state index in [1.165, 1.54) is 41.7 Å². The van der Waals surface area contributed by atoms with E-state index in [-0.39, 0.29) is 34.9 Å². The normalized spacial score (nSPS) is 15.0. The molecule has 1 aromatic carbocycles. The number of alkyl halides is 1. The number of hydrazine groups is 1. The van der Waals surface area contributed by atoms with Gasteiger partial charge in [0.2, 0.25) is 0 Å². The van der Waals surface area contributed by atoms with Crippen molar-refractivity contribution in [1.82, 2.24) is 19.7 Å². The standard InChI is InChI=1S/C22H24ClF2N7O/c23-17-5-4-15(21(25)27)16(20(17)24)7-29-22(33)18(26)11-32(28)10-14-9-31-8-13(12-1-2-12)3-6-19(31)30-14/h3-6,8-9,11-12,21H,1-2,7,10,26-28H2,(H,29,33)/b18-11-. The first-order valence-electron chi connectivity index (χ1n) is 10.3. The molecule has 1 saturated carbocycles. The third-order valence-corrected chi connectivity index (χ3v) is 5.73. The number of benzene rings is 1. The molecule has 174 valence electrons. The quantitative estimate of drug-likeness (QED) is 0.172. The molecule has 8 nitrogen and oxygen atoms in total. The minimum atomic E-state index is -1.93. The molecule has 1 amide bonds. The molecule has 1 fully saturated rings. The zero-order valence-corrected chi connectivity index (χ0v) is 18.4. The minimum Gasteiger partial charge on any atom is -0.393 e. The van der Waals surface area contributed by atoms with Gasteiger partial charge in [0.25, 0.3) is 5.91 Å². The summed E-state index contributed by atoms with van der Waals surface area (Å²) in [4.78, 5) is 16.9. The van der Waals surface area contributed by atoms with Gasteiger partial charge < -0.3 is 20.5 Å². The Morgan fingerprint density at radius 1 is 1.33 bits per heavy atom. The second-order valence-corrected chi connectivity index (χ2v) is 8.41. The molecule has 7 N–H and O–H groups in total. The SMILES string of the molecule is N/C(=C\N(N)Cc1cn2cc(C3CC3)ccc2n1)C(=O)NCc1c(C(N)F)ccc(Cl)c1F. The Bertz CT molecular complexity index is 1220. The zero-order valence-electron chi connectivity index (χ0n) is 17.6. The van der Waals surface area contributed by atoms with Crippen molar-refractivity contribution in [2.24, 2.45) is 17.3 Å². The number of carbonyl (C=O) groups is 1. The Morgan fingerprint density at radius 2 is 2.09 bits per heavy atom. The number of nitrogens with zero attached hydrogens (tertiary/aromatic N) is 3. The molecule has 2 aromatic heterocycles. The summed E-state index contributed by atoms with van der Waals surface area (Å²) in [6, 6.07) is 6.50. The van der Waals surface area contributed by atoms with Gasteiger partial charge in [0.1, 0.15) is 17.2 Å². The molecule has 1 aliphatic rings. The van der Waals surface area contributed by atoms with Crippen molar-refractivity contribution in [3.8, 4) is 0 Å². The molecule has 0 aliphatic heterocycles. The molecule has 1 unspecified atom stereocenters. The van der Waals surface area contributed by atoms with Crippen LogP contribution in [0.15, 0.2) is 48.6 Å². The van der Waals surface area contributed by atoms with Gasteiger partial charge in [-0.3, -0.25) is 10.5 Å². The molecule has 0 saturated heterocycles. The fraction of sp³-hybridized carbons (Fsp3) is 0.273. The van der Waals surface area contributed by atoms with Crippen molar-refractivity contribution < 1.29 is 13.6 Å². The summed E-state index contributed by atoms with van der Waals surface area (Å²) in [7, 11) is 0. The Kier molecular flexibility index (Phi) is 6.50. The van der Waals surface area contributed by atoms with E-state index in [0.29, 0.717) is 11.6 Å². The topological polar surface area (TPSA) is 128 Å². The lowest BCUT2D eigenvalue weighted by atomic mass is 10.1. The molecule has 2 heterocycles. The van der Waals surface area contributed by atoms with E-state index in [2.05, 4.69) is 22.6 Å². The van der Waals surface area contributed by atoms with E-state index in [9.17, 15) is 13.6 Å². The lowest BCUT2D eigenvalue weighted by molar-refractivity contribution is -0.117. The highest BCUT2D eigenvalue weighted by Gasteiger charge is 2.24. The van der Waals surface area contributed by atoms with Crippen LogP contribution >= 0.6 is 11.6 Å². The van der Waals surface area contributed by atoms with E-state index in [1.807, 2.05) is 16.7 Å². The third-order valence-electron chi connectivity index (χ3n) is 5.44. The maximum absolute atomic E-state index is 14.3. The number of imidazole rings is 1. The monoisotopic (exact) mass is 475 g/mol. The van der Waals surface area contributed by atoms with Crippen LogP contribution in [0.25, 0.3) is 5.65 Å². The van der Waals surface area contributed by atoms with E-state index < -0.39 is 18.0 Å². The summed E-state index contributed by atoms with van der Waals surface area (Å²) in [5.41, 5.74) is 13.3. The largest absolute Gasteiger partial charge is 0.393 e. The van der Waals surface area contributed by atoms with Gasteiger partial charge in [-0.25, -0.2) is 19.6 Å². The maximum Gasteiger partial charge on any atom is 0.268 e. The Labute approximate surface area is 194 Å². The number of hydrogen-bond acceptors (Lipinski definition) is 6. The minimum absolute atomic E-state index is 0.114. The number of amides is 1. The van der Waals surface area contributed by atoms with Crippen LogP contribution in [0.2, 0.25) is 5.02 Å². The Hall–Kier alpha value is -3.21. The van der Waals surface area contributed by atoms with Gasteiger partial charge in [-0.1, -0.05) is 23.7 Å². The van der Waals surface area contributed by atoms with Gasteiger partial charge in [0.05, 0.1) is 17.3 Å². The third kappa shape index (κ3) is 5.24. The number of carbonyl (C=O) groups excluding carboxylic acids is 1. The van der Waals surface area contributed by atoms with E-state index in [4.69, 9.17) is 28.9 Å². The molecule has 4 rings (SSSR count). The van der Waals surface area contributed by atoms with E-state index in [0.717, 1.165) is 5.65 Å². The van der Waals surface area contributed by atoms with Crippen molar-refractivity contribution in [3.63, 3.8) is 0 Å². The second-order valence-electron chi connectivity index (χ2n) is 8.00. The smallest absolute Gasteiger partial charge is 0.268 e. The fourth-order valence-corrected chi connectivity index (χ4v) is 3.76. The highest BCUT2D eigenvalue weighted by atomic mass is 35.5. The molecule has 1 aliphatic carbocycles. The molecule has 11 heteroatoms. The number of nitrogens with two attached hydrogens (primary N) is 3. The highest BCUT2D eigenvalue weighted by molar-refractivity contribution is 6.30. The molecular weight excluding hydrogens is 452 g/mol. The van der Waals surface area contributed by atoms with Crippen molar-refractivity contribution in [2.75, 3.05) is 0 Å².